The number of rotatable bonds is 11. The molecule has 380 valence electrons. The molecule has 0 saturated carbocycles. The number of carbonyl (C=O) groups excluding carboxylic acids is 2. The molecule has 21 heteroatoms. The van der Waals surface area contributed by atoms with Crippen LogP contribution in [0, 0.1) is 5.82 Å². The van der Waals surface area contributed by atoms with Crippen LogP contribution in [0.1, 0.15) is 57.5 Å². The number of sulfone groups is 2. The van der Waals surface area contributed by atoms with Crippen molar-refractivity contribution in [2.75, 3.05) is 118 Å². The van der Waals surface area contributed by atoms with Gasteiger partial charge in [0.15, 0.2) is 19.7 Å². The highest BCUT2D eigenvalue weighted by atomic mass is 32.2. The topological polar surface area (TPSA) is 151 Å². The summed E-state index contributed by atoms with van der Waals surface area (Å²) < 4.78 is 123. The Labute approximate surface area is 406 Å². The van der Waals surface area contributed by atoms with Crippen LogP contribution in [0.25, 0.3) is 0 Å². The number of hydrogen-bond acceptors (Lipinski definition) is 12. The molecule has 8 rings (SSSR count). The van der Waals surface area contributed by atoms with Gasteiger partial charge in [0.25, 0.3) is 23.7 Å². The molecule has 0 radical (unpaired) electrons. The van der Waals surface area contributed by atoms with E-state index in [1.165, 1.54) is 36.4 Å². The summed E-state index contributed by atoms with van der Waals surface area (Å²) in [6.07, 6.45) is 0.871. The van der Waals surface area contributed by atoms with Crippen LogP contribution in [-0.2, 0) is 37.6 Å². The van der Waals surface area contributed by atoms with Crippen molar-refractivity contribution in [1.29, 1.82) is 0 Å². The third kappa shape index (κ3) is 12.7. The number of anilines is 4. The van der Waals surface area contributed by atoms with Gasteiger partial charge in [-0.15, -0.1) is 0 Å². The second kappa shape index (κ2) is 21.5. The minimum Gasteiger partial charge on any atom is -0.392 e. The molecule has 4 aliphatic heterocycles. The molecular formula is C49H59F5N6O8S2. The number of aliphatic hydroxyl groups excluding tert-OH is 1. The Bertz CT molecular complexity index is 2730. The molecular weight excluding hydrogens is 960 g/mol. The summed E-state index contributed by atoms with van der Waals surface area (Å²) in [5.41, 5.74) is 4.34. The molecule has 0 bridgehead atoms. The number of piperazine rings is 2. The van der Waals surface area contributed by atoms with Crippen molar-refractivity contribution in [3.05, 3.63) is 107 Å². The first-order valence-corrected chi connectivity index (χ1v) is 26.8. The van der Waals surface area contributed by atoms with E-state index in [0.717, 1.165) is 29.3 Å². The Morgan fingerprint density at radius 3 is 1.31 bits per heavy atom. The van der Waals surface area contributed by atoms with Gasteiger partial charge in [0, 0.05) is 141 Å². The maximum Gasteiger partial charge on any atom is 0.256 e. The van der Waals surface area contributed by atoms with E-state index in [0.29, 0.717) is 76.0 Å². The summed E-state index contributed by atoms with van der Waals surface area (Å²) in [4.78, 5) is 37.8. The van der Waals surface area contributed by atoms with Gasteiger partial charge in [-0.25, -0.2) is 38.8 Å². The number of methoxy groups -OCH3 is 1. The number of hydrogen-bond donors (Lipinski definition) is 1. The monoisotopic (exact) mass is 1020 g/mol. The van der Waals surface area contributed by atoms with E-state index in [-0.39, 0.29) is 97.0 Å². The quantitative estimate of drug-likeness (QED) is 0.167. The van der Waals surface area contributed by atoms with Gasteiger partial charge in [0.2, 0.25) is 0 Å². The van der Waals surface area contributed by atoms with E-state index >= 15 is 0 Å². The summed E-state index contributed by atoms with van der Waals surface area (Å²) in [5.74, 6) is -6.51. The molecule has 4 aromatic rings. The van der Waals surface area contributed by atoms with Crippen molar-refractivity contribution in [3.8, 4) is 0 Å². The number of aliphatic hydroxyl groups is 1. The Kier molecular flexibility index (Phi) is 16.0. The number of benzene rings is 4. The maximum atomic E-state index is 14.7. The van der Waals surface area contributed by atoms with Gasteiger partial charge in [-0.2, -0.15) is 0 Å². The average Bonchev–Trinajstić information content (AvgIpc) is 3.33. The molecule has 4 aromatic carbocycles. The number of nitrogens with zero attached hydrogens (tertiary/aromatic N) is 6. The van der Waals surface area contributed by atoms with Crippen molar-refractivity contribution in [2.24, 2.45) is 0 Å². The van der Waals surface area contributed by atoms with E-state index in [9.17, 15) is 53.5 Å². The van der Waals surface area contributed by atoms with Gasteiger partial charge in [0.05, 0.1) is 39.8 Å². The fourth-order valence-corrected chi connectivity index (χ4v) is 10.4. The standard InChI is InChI=1S/C25H30F3N3O4S.C24H29F2N3O4S/c1-35-17-18-3-5-23(21(26)15-18)30-11-13-31(14-12-30)24(32)20-16-19(36(2,33)34)4-6-22(20)29-9-7-25(27,28)8-10-29;1-34(32,33)20-6-7-22(28-10-8-24(25,26)9-11-28)21(16-20)23(31)29-14-12-27(13-15-29)19-4-2-18(17-30)3-5-19/h3-6,15-16H,7-14,17H2,1-2H3;2-7,16,30H,8-15,17H2,1H3. The zero-order valence-corrected chi connectivity index (χ0v) is 41.1. The van der Waals surface area contributed by atoms with Crippen LogP contribution in [0.5, 0.6) is 0 Å². The van der Waals surface area contributed by atoms with Crippen LogP contribution in [0.2, 0.25) is 0 Å². The Morgan fingerprint density at radius 1 is 0.543 bits per heavy atom. The van der Waals surface area contributed by atoms with Crippen LogP contribution < -0.4 is 19.6 Å². The minimum atomic E-state index is -3.58. The normalized spacial score (nSPS) is 18.6. The van der Waals surface area contributed by atoms with Gasteiger partial charge in [-0.05, 0) is 71.8 Å². The zero-order valence-electron chi connectivity index (χ0n) is 39.4. The van der Waals surface area contributed by atoms with E-state index in [1.807, 2.05) is 29.2 Å². The Morgan fingerprint density at radius 2 is 0.929 bits per heavy atom. The fourth-order valence-electron chi connectivity index (χ4n) is 9.07. The summed E-state index contributed by atoms with van der Waals surface area (Å²) in [5, 5.41) is 9.22. The first-order valence-electron chi connectivity index (χ1n) is 23.1. The van der Waals surface area contributed by atoms with Gasteiger partial charge < -0.3 is 39.2 Å². The number of halogens is 5. The highest BCUT2D eigenvalue weighted by molar-refractivity contribution is 7.91. The highest BCUT2D eigenvalue weighted by Crippen LogP contribution is 2.36. The van der Waals surface area contributed by atoms with Gasteiger partial charge in [-0.1, -0.05) is 18.2 Å². The zero-order chi connectivity index (χ0) is 50.6. The molecule has 70 heavy (non-hydrogen) atoms. The third-order valence-electron chi connectivity index (χ3n) is 13.2. The average molecular weight is 1020 g/mol. The third-order valence-corrected chi connectivity index (χ3v) is 15.4. The van der Waals surface area contributed by atoms with Gasteiger partial charge in [-0.3, -0.25) is 9.59 Å². The van der Waals surface area contributed by atoms with E-state index in [2.05, 4.69) is 4.90 Å². The van der Waals surface area contributed by atoms with E-state index in [1.54, 1.807) is 44.9 Å². The lowest BCUT2D eigenvalue weighted by Gasteiger charge is -2.38. The lowest BCUT2D eigenvalue weighted by molar-refractivity contribution is -0.0227. The molecule has 0 aliphatic carbocycles. The van der Waals surface area contributed by atoms with Crippen molar-refractivity contribution in [1.82, 2.24) is 9.80 Å². The number of piperidine rings is 2. The predicted octanol–water partition coefficient (Wildman–Crippen LogP) is 6.35. The number of amides is 2. The molecule has 4 aliphatic rings. The van der Waals surface area contributed by atoms with Crippen molar-refractivity contribution < 1.29 is 58.2 Å². The summed E-state index contributed by atoms with van der Waals surface area (Å²) in [6.45, 7) is 4.10. The molecule has 0 spiro atoms. The lowest BCUT2D eigenvalue weighted by Crippen LogP contribution is -2.49. The number of carbonyl (C=O) groups is 2. The minimum absolute atomic E-state index is 0.00575. The molecule has 4 heterocycles. The van der Waals surface area contributed by atoms with Crippen molar-refractivity contribution >= 4 is 54.2 Å². The first kappa shape index (κ1) is 52.3. The maximum absolute atomic E-state index is 14.7. The molecule has 0 unspecified atom stereocenters. The van der Waals surface area contributed by atoms with E-state index in [4.69, 9.17) is 4.74 Å². The lowest BCUT2D eigenvalue weighted by atomic mass is 10.0. The summed E-state index contributed by atoms with van der Waals surface area (Å²) >= 11 is 0. The van der Waals surface area contributed by atoms with Crippen LogP contribution >= 0.6 is 0 Å². The largest absolute Gasteiger partial charge is 0.392 e. The molecule has 0 aromatic heterocycles. The van der Waals surface area contributed by atoms with Crippen molar-refractivity contribution in [3.63, 3.8) is 0 Å². The smallest absolute Gasteiger partial charge is 0.256 e. The van der Waals surface area contributed by atoms with Crippen LogP contribution in [0.15, 0.2) is 88.7 Å². The first-order chi connectivity index (χ1) is 33.1. The molecule has 0 atom stereocenters. The van der Waals surface area contributed by atoms with Crippen LogP contribution in [-0.4, -0.2) is 154 Å². The van der Waals surface area contributed by atoms with E-state index < -0.39 is 31.5 Å². The predicted molar refractivity (Wildman–Crippen MR) is 258 cm³/mol. The second-order valence-corrected chi connectivity index (χ2v) is 22.2. The Balaban J connectivity index is 0.000000207. The molecule has 14 nitrogen and oxygen atoms in total. The Hall–Kier alpha value is -5.51. The number of alkyl halides is 4. The highest BCUT2D eigenvalue weighted by Gasteiger charge is 2.38. The molecule has 2 amide bonds. The summed E-state index contributed by atoms with van der Waals surface area (Å²) in [6, 6.07) is 21.1. The summed E-state index contributed by atoms with van der Waals surface area (Å²) in [7, 11) is -5.58. The molecule has 4 fully saturated rings. The molecule has 4 saturated heterocycles. The number of ether oxygens (including phenoxy) is 1. The van der Waals surface area contributed by atoms with Crippen LogP contribution in [0.4, 0.5) is 44.7 Å². The van der Waals surface area contributed by atoms with Gasteiger partial charge >= 0.3 is 0 Å². The van der Waals surface area contributed by atoms with Crippen LogP contribution in [0.3, 0.4) is 0 Å². The van der Waals surface area contributed by atoms with Gasteiger partial charge in [0.1, 0.15) is 5.82 Å². The molecule has 1 N–H and O–H groups in total. The van der Waals surface area contributed by atoms with Crippen molar-refractivity contribution in [2.45, 2.75) is 60.5 Å². The fraction of sp³-hybridized carbons (Fsp3) is 0.469. The second-order valence-electron chi connectivity index (χ2n) is 18.2. The SMILES string of the molecule is COCc1ccc(N2CCN(C(=O)c3cc(S(C)(=O)=O)ccc3N3CCC(F)(F)CC3)CC2)c(F)c1.CS(=O)(=O)c1ccc(N2CCC(F)(F)CC2)c(C(=O)N2CCN(c3ccc(CO)cc3)CC2)c1.